The lowest BCUT2D eigenvalue weighted by Crippen LogP contribution is -2.34. The topological polar surface area (TPSA) is 107 Å². The van der Waals surface area contributed by atoms with E-state index in [1.54, 1.807) is 37.5 Å². The number of carbonyl (C=O) groups excluding carboxylic acids is 1. The van der Waals surface area contributed by atoms with Crippen LogP contribution in [0.15, 0.2) is 34.2 Å². The zero-order chi connectivity index (χ0) is 24.2. The Morgan fingerprint density at radius 1 is 1.21 bits per heavy atom. The van der Waals surface area contributed by atoms with E-state index < -0.39 is 10.1 Å². The number of nitrogens with zero attached hydrogens (tertiary/aromatic N) is 2. The summed E-state index contributed by atoms with van der Waals surface area (Å²) in [5, 5.41) is 2.79. The monoisotopic (exact) mass is 473 g/mol. The largest absolute Gasteiger partial charge is 0.467 e. The van der Waals surface area contributed by atoms with Gasteiger partial charge in [-0.3, -0.25) is 14.0 Å². The molecule has 1 aliphatic carbocycles. The van der Waals surface area contributed by atoms with Crippen LogP contribution in [-0.4, -0.2) is 51.8 Å². The van der Waals surface area contributed by atoms with Crippen LogP contribution in [-0.2, 0) is 31.9 Å². The first-order valence-electron chi connectivity index (χ1n) is 10.9. The smallest absolute Gasteiger partial charge is 0.296 e. The maximum absolute atomic E-state index is 12.6. The molecule has 33 heavy (non-hydrogen) atoms. The first kappa shape index (κ1) is 24.9. The van der Waals surface area contributed by atoms with Crippen molar-refractivity contribution in [3.63, 3.8) is 0 Å². The van der Waals surface area contributed by atoms with Crippen LogP contribution in [0.3, 0.4) is 0 Å². The summed E-state index contributed by atoms with van der Waals surface area (Å²) in [4.78, 5) is 20.8. The molecule has 1 heterocycles. The Morgan fingerprint density at radius 2 is 1.88 bits per heavy atom. The summed E-state index contributed by atoms with van der Waals surface area (Å²) in [5.74, 6) is 0.144. The molecule has 0 bridgehead atoms. The fourth-order valence-corrected chi connectivity index (χ4v) is 4.85. The quantitative estimate of drug-likeness (QED) is 0.443. The van der Waals surface area contributed by atoms with Crippen molar-refractivity contribution < 1.29 is 22.1 Å². The number of aromatic nitrogens is 1. The van der Waals surface area contributed by atoms with Gasteiger partial charge in [-0.05, 0) is 69.7 Å². The van der Waals surface area contributed by atoms with Crippen LogP contribution in [0, 0.1) is 19.8 Å². The van der Waals surface area contributed by atoms with Gasteiger partial charge in [0.15, 0.2) is 6.61 Å². The molecule has 1 atom stereocenters. The summed E-state index contributed by atoms with van der Waals surface area (Å²) < 4.78 is 36.3. The van der Waals surface area contributed by atoms with E-state index in [1.807, 2.05) is 27.7 Å². The molecule has 1 aliphatic rings. The number of hydrogen-bond acceptors (Lipinski definition) is 7. The molecule has 9 heteroatoms. The predicted octanol–water partition coefficient (Wildman–Crippen LogP) is 2.77. The number of ether oxygens (including phenoxy) is 1. The van der Waals surface area contributed by atoms with E-state index in [2.05, 4.69) is 15.3 Å². The predicted molar refractivity (Wildman–Crippen MR) is 126 cm³/mol. The molecule has 0 saturated carbocycles. The molecule has 1 aromatic carbocycles. The number of aryl methyl sites for hydroxylation is 1. The van der Waals surface area contributed by atoms with Crippen molar-refractivity contribution in [3.05, 3.63) is 52.2 Å². The van der Waals surface area contributed by atoms with Crippen molar-refractivity contribution in [1.29, 1.82) is 0 Å². The van der Waals surface area contributed by atoms with Crippen LogP contribution in [0.1, 0.15) is 41.8 Å². The van der Waals surface area contributed by atoms with Crippen molar-refractivity contribution in [1.82, 2.24) is 10.3 Å². The molecule has 0 spiro atoms. The lowest BCUT2D eigenvalue weighted by Gasteiger charge is -2.14. The molecule has 3 rings (SSSR count). The van der Waals surface area contributed by atoms with Crippen molar-refractivity contribution in [2.24, 2.45) is 10.9 Å². The average molecular weight is 474 g/mol. The number of amides is 1. The molecule has 1 unspecified atom stereocenters. The van der Waals surface area contributed by atoms with Gasteiger partial charge in [0.1, 0.15) is 0 Å². The van der Waals surface area contributed by atoms with Crippen LogP contribution in [0.25, 0.3) is 0 Å². The second-order valence-corrected chi connectivity index (χ2v) is 10.2. The average Bonchev–Trinajstić information content (AvgIpc) is 3.18. The summed E-state index contributed by atoms with van der Waals surface area (Å²) in [6.07, 6.45) is 2.92. The summed E-state index contributed by atoms with van der Waals surface area (Å²) in [6, 6.07) is 6.62. The first-order chi connectivity index (χ1) is 15.6. The zero-order valence-corrected chi connectivity index (χ0v) is 20.5. The minimum Gasteiger partial charge on any atom is -0.467 e. The van der Waals surface area contributed by atoms with E-state index in [4.69, 9.17) is 8.92 Å². The van der Waals surface area contributed by atoms with Gasteiger partial charge < -0.3 is 10.1 Å². The second-order valence-electron chi connectivity index (χ2n) is 8.61. The third-order valence-corrected chi connectivity index (χ3v) is 6.76. The Balaban J connectivity index is 1.74. The van der Waals surface area contributed by atoms with Gasteiger partial charge in [-0.2, -0.15) is 8.42 Å². The molecule has 0 saturated heterocycles. The number of rotatable bonds is 9. The zero-order valence-electron chi connectivity index (χ0n) is 19.7. The Labute approximate surface area is 195 Å². The summed E-state index contributed by atoms with van der Waals surface area (Å²) in [5.41, 5.74) is 4.55. The molecular weight excluding hydrogens is 442 g/mol. The van der Waals surface area contributed by atoms with E-state index in [0.29, 0.717) is 24.4 Å². The molecule has 1 amide bonds. The molecule has 0 aliphatic heterocycles. The van der Waals surface area contributed by atoms with Crippen molar-refractivity contribution in [2.45, 2.75) is 51.5 Å². The number of nitrogens with one attached hydrogen (secondary N) is 1. The van der Waals surface area contributed by atoms with E-state index in [9.17, 15) is 13.2 Å². The first-order valence-corrected chi connectivity index (χ1v) is 12.3. The molecule has 178 valence electrons. The minimum absolute atomic E-state index is 0.0231. The summed E-state index contributed by atoms with van der Waals surface area (Å²) >= 11 is 0. The number of fused-ring (bicyclic) bond motifs is 1. The second kappa shape index (κ2) is 10.4. The molecule has 2 aromatic rings. The maximum atomic E-state index is 12.6. The van der Waals surface area contributed by atoms with Gasteiger partial charge in [0, 0.05) is 24.9 Å². The van der Waals surface area contributed by atoms with Crippen LogP contribution in [0.2, 0.25) is 0 Å². The highest BCUT2D eigenvalue weighted by molar-refractivity contribution is 7.86. The van der Waals surface area contributed by atoms with Crippen molar-refractivity contribution in [2.75, 3.05) is 20.3 Å². The normalized spacial score (nSPS) is 15.8. The molecule has 8 nitrogen and oxygen atoms in total. The Bertz CT molecular complexity index is 1140. The van der Waals surface area contributed by atoms with Crippen LogP contribution in [0.4, 0.5) is 0 Å². The van der Waals surface area contributed by atoms with Crippen LogP contribution < -0.4 is 10.1 Å². The number of hydrogen-bond donors (Lipinski definition) is 1. The lowest BCUT2D eigenvalue weighted by atomic mass is 10.0. The van der Waals surface area contributed by atoms with Crippen LogP contribution in [0.5, 0.6) is 5.88 Å². The van der Waals surface area contributed by atoms with E-state index in [1.165, 1.54) is 0 Å². The van der Waals surface area contributed by atoms with Crippen LogP contribution >= 0.6 is 0 Å². The Morgan fingerprint density at radius 3 is 2.52 bits per heavy atom. The lowest BCUT2D eigenvalue weighted by molar-refractivity contribution is -0.123. The van der Waals surface area contributed by atoms with Gasteiger partial charge in [0.25, 0.3) is 16.0 Å². The standard InChI is InChI=1S/C24H31N3O5S/c1-15(2)26-23(28)14-31-24-17(4)20-10-18(11-21(20)22(27-24)12-25-5)13-32-33(29,30)19-8-6-16(3)7-9-19/h6-9,12,15,18H,10-11,13-14H2,1-5H3,(H,26,28). The van der Waals surface area contributed by atoms with E-state index in [0.717, 1.165) is 22.3 Å². The Hall–Kier alpha value is -2.78. The van der Waals surface area contributed by atoms with Crippen molar-refractivity contribution in [3.8, 4) is 5.88 Å². The number of benzene rings is 1. The third kappa shape index (κ3) is 6.17. The summed E-state index contributed by atoms with van der Waals surface area (Å²) in [6.45, 7) is 7.51. The molecule has 1 aromatic heterocycles. The van der Waals surface area contributed by atoms with Gasteiger partial charge in [0.2, 0.25) is 5.88 Å². The van der Waals surface area contributed by atoms with Crippen molar-refractivity contribution >= 4 is 22.2 Å². The maximum Gasteiger partial charge on any atom is 0.296 e. The van der Waals surface area contributed by atoms with Gasteiger partial charge in [-0.15, -0.1) is 0 Å². The fourth-order valence-electron chi connectivity index (χ4n) is 3.87. The Kier molecular flexibility index (Phi) is 7.86. The molecule has 0 fully saturated rings. The summed E-state index contributed by atoms with van der Waals surface area (Å²) in [7, 11) is -2.17. The minimum atomic E-state index is -3.83. The third-order valence-electron chi connectivity index (χ3n) is 5.46. The number of pyridine rings is 1. The highest BCUT2D eigenvalue weighted by Crippen LogP contribution is 2.35. The highest BCUT2D eigenvalue weighted by atomic mass is 32.2. The number of aliphatic imine (C=N–C) groups is 1. The molecule has 1 N–H and O–H groups in total. The van der Waals surface area contributed by atoms with Gasteiger partial charge in [-0.1, -0.05) is 17.7 Å². The highest BCUT2D eigenvalue weighted by Gasteiger charge is 2.30. The van der Waals surface area contributed by atoms with E-state index in [-0.39, 0.29) is 36.0 Å². The van der Waals surface area contributed by atoms with Gasteiger partial charge in [0.05, 0.1) is 17.2 Å². The van der Waals surface area contributed by atoms with Gasteiger partial charge in [-0.25, -0.2) is 4.98 Å². The molecule has 0 radical (unpaired) electrons. The molecular formula is C24H31N3O5S. The van der Waals surface area contributed by atoms with E-state index >= 15 is 0 Å². The number of carbonyl (C=O) groups is 1. The fraction of sp³-hybridized carbons (Fsp3) is 0.458. The SMILES string of the molecule is CN=Cc1nc(OCC(=O)NC(C)C)c(C)c2c1CC(COS(=O)(=O)c1ccc(C)cc1)C2. The van der Waals surface area contributed by atoms with Gasteiger partial charge >= 0.3 is 0 Å².